The van der Waals surface area contributed by atoms with Gasteiger partial charge in [-0.3, -0.25) is 9.59 Å². The van der Waals surface area contributed by atoms with E-state index in [9.17, 15) is 18.0 Å². The zero-order valence-electron chi connectivity index (χ0n) is 16.9. The van der Waals surface area contributed by atoms with Crippen LogP contribution in [0.2, 0.25) is 0 Å². The smallest absolute Gasteiger partial charge is 0.312 e. The Labute approximate surface area is 175 Å². The maximum atomic E-state index is 13.2. The van der Waals surface area contributed by atoms with Crippen LogP contribution >= 0.6 is 0 Å². The third-order valence-electron chi connectivity index (χ3n) is 5.57. The average molecular weight is 433 g/mol. The minimum absolute atomic E-state index is 0.0918. The summed E-state index contributed by atoms with van der Waals surface area (Å²) < 4.78 is 29.8. The lowest BCUT2D eigenvalue weighted by molar-refractivity contribution is -0.138. The van der Waals surface area contributed by atoms with Crippen molar-refractivity contribution in [3.63, 3.8) is 0 Å². The number of benzene rings is 1. The molecule has 1 aromatic carbocycles. The highest BCUT2D eigenvalue weighted by molar-refractivity contribution is 7.92. The molecule has 11 heteroatoms. The second kappa shape index (κ2) is 7.18. The van der Waals surface area contributed by atoms with Gasteiger partial charge in [0.05, 0.1) is 12.2 Å². The number of primary amides is 1. The molecular formula is C19H24N6O4S. The van der Waals surface area contributed by atoms with Crippen molar-refractivity contribution in [1.29, 1.82) is 0 Å². The predicted molar refractivity (Wildman–Crippen MR) is 110 cm³/mol. The van der Waals surface area contributed by atoms with Gasteiger partial charge in [0, 0.05) is 24.6 Å². The van der Waals surface area contributed by atoms with Gasteiger partial charge in [0.2, 0.25) is 5.91 Å². The Kier molecular flexibility index (Phi) is 4.91. The summed E-state index contributed by atoms with van der Waals surface area (Å²) in [6.45, 7) is 0.721. The van der Waals surface area contributed by atoms with Gasteiger partial charge in [0.1, 0.15) is 5.82 Å². The van der Waals surface area contributed by atoms with Crippen molar-refractivity contribution in [1.82, 2.24) is 18.8 Å². The van der Waals surface area contributed by atoms with Gasteiger partial charge in [-0.1, -0.05) is 0 Å². The van der Waals surface area contributed by atoms with Crippen LogP contribution in [0.25, 0.3) is 5.69 Å². The number of nitrogens with two attached hydrogens (primary N) is 1. The molecular weight excluding hydrogens is 408 g/mol. The number of imidazole rings is 1. The average Bonchev–Trinajstić information content (AvgIpc) is 3.21. The van der Waals surface area contributed by atoms with E-state index >= 15 is 0 Å². The number of piperidine rings is 1. The van der Waals surface area contributed by atoms with E-state index in [2.05, 4.69) is 4.98 Å². The first-order valence-corrected chi connectivity index (χ1v) is 11.0. The molecule has 1 aromatic heterocycles. The standard InChI is InChI=1S/C19H24N6O4S/c1-22(2)13-16-21-10-12-23(16)14-5-7-15(8-6-14)25-18(27)19(17(20)26)9-3-4-11-24(19)30(25,28)29/h5-8,10,12H,3-4,9,11,13H2,1-2H3,(H2,20,26)/t19-/m0/s1. The molecule has 10 nitrogen and oxygen atoms in total. The summed E-state index contributed by atoms with van der Waals surface area (Å²) in [5.41, 5.74) is 4.65. The number of hydrogen-bond donors (Lipinski definition) is 1. The maximum Gasteiger partial charge on any atom is 0.312 e. The molecule has 2 aliphatic heterocycles. The summed E-state index contributed by atoms with van der Waals surface area (Å²) in [6.07, 6.45) is 4.73. The van der Waals surface area contributed by atoms with Crippen molar-refractivity contribution in [3.05, 3.63) is 42.5 Å². The second-order valence-corrected chi connectivity index (χ2v) is 9.50. The Bertz CT molecular complexity index is 1090. The summed E-state index contributed by atoms with van der Waals surface area (Å²) >= 11 is 0. The molecule has 1 atom stereocenters. The van der Waals surface area contributed by atoms with E-state index in [4.69, 9.17) is 5.73 Å². The predicted octanol–water partition coefficient (Wildman–Crippen LogP) is 0.235. The van der Waals surface area contributed by atoms with Gasteiger partial charge in [-0.15, -0.1) is 0 Å². The number of anilines is 1. The molecule has 3 heterocycles. The molecule has 0 aliphatic carbocycles. The van der Waals surface area contributed by atoms with Crippen LogP contribution in [-0.4, -0.2) is 65.2 Å². The number of carbonyl (C=O) groups is 2. The molecule has 2 aliphatic rings. The SMILES string of the molecule is CN(C)Cc1nccn1-c1ccc(N2C(=O)[C@@]3(C(N)=O)CCCCN3S2(=O)=O)cc1. The van der Waals surface area contributed by atoms with Crippen LogP contribution in [0.1, 0.15) is 25.1 Å². The van der Waals surface area contributed by atoms with E-state index < -0.39 is 27.6 Å². The Hall–Kier alpha value is -2.76. The largest absolute Gasteiger partial charge is 0.368 e. The summed E-state index contributed by atoms with van der Waals surface area (Å²) in [7, 11) is -0.314. The summed E-state index contributed by atoms with van der Waals surface area (Å²) in [5, 5.41) is 0. The quantitative estimate of drug-likeness (QED) is 0.675. The summed E-state index contributed by atoms with van der Waals surface area (Å²) in [6, 6.07) is 6.54. The monoisotopic (exact) mass is 432 g/mol. The van der Waals surface area contributed by atoms with Gasteiger partial charge in [-0.05, 0) is 57.6 Å². The van der Waals surface area contributed by atoms with Crippen molar-refractivity contribution < 1.29 is 18.0 Å². The fourth-order valence-electron chi connectivity index (χ4n) is 4.17. The number of nitrogens with zero attached hydrogens (tertiary/aromatic N) is 5. The van der Waals surface area contributed by atoms with Gasteiger partial charge in [0.15, 0.2) is 5.54 Å². The Morgan fingerprint density at radius 1 is 1.20 bits per heavy atom. The Morgan fingerprint density at radius 2 is 1.87 bits per heavy atom. The molecule has 30 heavy (non-hydrogen) atoms. The molecule has 0 saturated carbocycles. The lowest BCUT2D eigenvalue weighted by atomic mass is 9.87. The maximum absolute atomic E-state index is 13.2. The molecule has 0 unspecified atom stereocenters. The molecule has 2 fully saturated rings. The molecule has 2 aromatic rings. The molecule has 160 valence electrons. The Balaban J connectivity index is 1.72. The summed E-state index contributed by atoms with van der Waals surface area (Å²) in [5.74, 6) is -0.914. The van der Waals surface area contributed by atoms with Gasteiger partial charge in [-0.25, -0.2) is 4.98 Å². The zero-order chi connectivity index (χ0) is 21.7. The number of aromatic nitrogens is 2. The minimum Gasteiger partial charge on any atom is -0.368 e. The molecule has 2 saturated heterocycles. The van der Waals surface area contributed by atoms with Crippen LogP contribution in [0.3, 0.4) is 0 Å². The van der Waals surface area contributed by atoms with Crippen molar-refractivity contribution in [2.24, 2.45) is 5.73 Å². The number of carbonyl (C=O) groups excluding carboxylic acids is 2. The fourth-order valence-corrected chi connectivity index (χ4v) is 6.13. The third-order valence-corrected chi connectivity index (χ3v) is 7.46. The van der Waals surface area contributed by atoms with Crippen molar-refractivity contribution in [2.45, 2.75) is 31.3 Å². The number of fused-ring (bicyclic) bond motifs is 1. The van der Waals surface area contributed by atoms with E-state index in [-0.39, 0.29) is 18.7 Å². The molecule has 0 bridgehead atoms. The molecule has 0 radical (unpaired) electrons. The van der Waals surface area contributed by atoms with E-state index in [1.54, 1.807) is 30.5 Å². The molecule has 2 amide bonds. The minimum atomic E-state index is -4.19. The molecule has 4 rings (SSSR count). The first kappa shape index (κ1) is 20.5. The summed E-state index contributed by atoms with van der Waals surface area (Å²) in [4.78, 5) is 31.8. The van der Waals surface area contributed by atoms with Crippen molar-refractivity contribution in [2.75, 3.05) is 24.9 Å². The highest BCUT2D eigenvalue weighted by Crippen LogP contribution is 2.42. The first-order chi connectivity index (χ1) is 14.2. The third kappa shape index (κ3) is 2.92. The highest BCUT2D eigenvalue weighted by Gasteiger charge is 2.65. The number of rotatable bonds is 5. The lowest BCUT2D eigenvalue weighted by Crippen LogP contribution is -2.60. The van der Waals surface area contributed by atoms with Crippen LogP contribution in [0.15, 0.2) is 36.7 Å². The Morgan fingerprint density at radius 3 is 2.47 bits per heavy atom. The normalized spacial score (nSPS) is 23.7. The molecule has 2 N–H and O–H groups in total. The van der Waals surface area contributed by atoms with Crippen LogP contribution in [0.5, 0.6) is 0 Å². The number of amides is 2. The van der Waals surface area contributed by atoms with E-state index in [1.165, 1.54) is 0 Å². The highest BCUT2D eigenvalue weighted by atomic mass is 32.2. The van der Waals surface area contributed by atoms with Crippen LogP contribution in [-0.2, 0) is 26.3 Å². The van der Waals surface area contributed by atoms with Gasteiger partial charge in [0.25, 0.3) is 5.91 Å². The molecule has 0 spiro atoms. The van der Waals surface area contributed by atoms with Crippen molar-refractivity contribution >= 4 is 27.7 Å². The first-order valence-electron chi connectivity index (χ1n) is 9.64. The zero-order valence-corrected chi connectivity index (χ0v) is 17.7. The van der Waals surface area contributed by atoms with Crippen LogP contribution < -0.4 is 10.0 Å². The fraction of sp³-hybridized carbons (Fsp3) is 0.421. The van der Waals surface area contributed by atoms with Crippen LogP contribution in [0.4, 0.5) is 5.69 Å². The van der Waals surface area contributed by atoms with E-state index in [1.807, 2.05) is 29.8 Å². The second-order valence-electron chi connectivity index (χ2n) is 7.80. The lowest BCUT2D eigenvalue weighted by Gasteiger charge is -2.34. The van der Waals surface area contributed by atoms with Crippen LogP contribution in [0, 0.1) is 0 Å². The van der Waals surface area contributed by atoms with E-state index in [0.29, 0.717) is 23.7 Å². The van der Waals surface area contributed by atoms with Gasteiger partial charge in [-0.2, -0.15) is 17.0 Å². The van der Waals surface area contributed by atoms with Gasteiger partial charge >= 0.3 is 10.2 Å². The topological polar surface area (TPSA) is 122 Å². The van der Waals surface area contributed by atoms with Gasteiger partial charge < -0.3 is 15.2 Å². The van der Waals surface area contributed by atoms with E-state index in [0.717, 1.165) is 15.8 Å². The van der Waals surface area contributed by atoms with Crippen molar-refractivity contribution in [3.8, 4) is 5.69 Å². The number of hydrogen-bond acceptors (Lipinski definition) is 6.